The molecule has 1 rings (SSSR count). The molecule has 13 heavy (non-hydrogen) atoms. The molecule has 0 amide bonds. The van der Waals surface area contributed by atoms with Gasteiger partial charge >= 0.3 is 11.6 Å². The Balaban J connectivity index is 3.39. The Kier molecular flexibility index (Phi) is 1.73. The molecule has 1 aromatic heterocycles. The minimum atomic E-state index is -1.07. The number of aromatic nitrogens is 2. The molecule has 0 fully saturated rings. The van der Waals surface area contributed by atoms with E-state index in [-0.39, 0.29) is 4.85 Å². The van der Waals surface area contributed by atoms with Crippen molar-refractivity contribution < 1.29 is 15.1 Å². The quantitative estimate of drug-likeness (QED) is 0.362. The van der Waals surface area contributed by atoms with E-state index in [1.165, 1.54) is 0 Å². The summed E-state index contributed by atoms with van der Waals surface area (Å²) in [4.78, 5) is 17.9. The fraction of sp³-hybridized carbons (Fsp3) is 0. The van der Waals surface area contributed by atoms with Crippen molar-refractivity contribution >= 4 is 17.3 Å². The van der Waals surface area contributed by atoms with Crippen LogP contribution in [0.3, 0.4) is 0 Å². The third-order valence-electron chi connectivity index (χ3n) is 1.21. The lowest BCUT2D eigenvalue weighted by Gasteiger charge is -1.89. The number of rotatable bonds is 2. The number of nitrogens with two attached hydrogens (primary N) is 1. The first-order valence-electron chi connectivity index (χ1n) is 2.81. The second-order valence-electron chi connectivity index (χ2n) is 1.96. The van der Waals surface area contributed by atoms with Gasteiger partial charge in [0.1, 0.15) is 0 Å². The Labute approximate surface area is 69.4 Å². The predicted octanol–water partition coefficient (Wildman–Crippen LogP) is -0.481. The van der Waals surface area contributed by atoms with Crippen molar-refractivity contribution in [3.63, 3.8) is 0 Å². The van der Waals surface area contributed by atoms with Gasteiger partial charge in [-0.05, 0) is 9.85 Å². The SMILES string of the molecule is Nc1c([N+](=O)[O-])nn(O)c1[N+](=O)[O-]. The summed E-state index contributed by atoms with van der Waals surface area (Å²) in [6.07, 6.45) is 0. The molecule has 0 atom stereocenters. The van der Waals surface area contributed by atoms with E-state index in [4.69, 9.17) is 10.9 Å². The summed E-state index contributed by atoms with van der Waals surface area (Å²) in [5.41, 5.74) is 4.20. The average molecular weight is 189 g/mol. The summed E-state index contributed by atoms with van der Waals surface area (Å²) in [7, 11) is 0. The Hall–Kier alpha value is -2.39. The lowest BCUT2D eigenvalue weighted by Crippen LogP contribution is -2.01. The molecule has 0 radical (unpaired) electrons. The van der Waals surface area contributed by atoms with Crippen LogP contribution in [0.15, 0.2) is 0 Å². The van der Waals surface area contributed by atoms with Gasteiger partial charge in [-0.2, -0.15) is 0 Å². The zero-order valence-corrected chi connectivity index (χ0v) is 5.95. The van der Waals surface area contributed by atoms with E-state index in [1.54, 1.807) is 0 Å². The Bertz CT molecular complexity index is 382. The molecule has 1 aromatic rings. The zero-order chi connectivity index (χ0) is 10.2. The first-order valence-corrected chi connectivity index (χ1v) is 2.81. The third kappa shape index (κ3) is 1.19. The molecule has 10 nitrogen and oxygen atoms in total. The number of nitrogens with zero attached hydrogens (tertiary/aromatic N) is 4. The van der Waals surface area contributed by atoms with Gasteiger partial charge in [-0.3, -0.25) is 0 Å². The van der Waals surface area contributed by atoms with Crippen molar-refractivity contribution in [2.45, 2.75) is 0 Å². The van der Waals surface area contributed by atoms with Crippen molar-refractivity contribution in [3.8, 4) is 0 Å². The molecule has 70 valence electrons. The summed E-state index contributed by atoms with van der Waals surface area (Å²) in [6, 6.07) is 0. The summed E-state index contributed by atoms with van der Waals surface area (Å²) < 4.78 is 0. The van der Waals surface area contributed by atoms with Gasteiger partial charge in [-0.15, -0.1) is 0 Å². The molecule has 0 aliphatic rings. The lowest BCUT2D eigenvalue weighted by molar-refractivity contribution is -0.397. The second-order valence-corrected chi connectivity index (χ2v) is 1.96. The molecule has 3 N–H and O–H groups in total. The molecule has 0 aliphatic heterocycles. The molecular formula is C3H3N5O5. The van der Waals surface area contributed by atoms with Gasteiger partial charge in [0.15, 0.2) is 9.94 Å². The van der Waals surface area contributed by atoms with E-state index >= 15 is 0 Å². The monoisotopic (exact) mass is 189 g/mol. The first-order chi connectivity index (χ1) is 5.95. The normalized spacial score (nSPS) is 9.85. The van der Waals surface area contributed by atoms with Crippen molar-refractivity contribution in [1.82, 2.24) is 9.94 Å². The fourth-order valence-electron chi connectivity index (χ4n) is 0.705. The number of nitro groups is 2. The molecule has 10 heteroatoms. The highest BCUT2D eigenvalue weighted by molar-refractivity contribution is 5.64. The number of hydrogen-bond donors (Lipinski definition) is 2. The molecule has 0 spiro atoms. The van der Waals surface area contributed by atoms with Crippen LogP contribution in [0.5, 0.6) is 0 Å². The highest BCUT2D eigenvalue weighted by atomic mass is 16.6. The molecule has 0 saturated carbocycles. The van der Waals surface area contributed by atoms with E-state index in [0.717, 1.165) is 0 Å². The van der Waals surface area contributed by atoms with E-state index in [1.807, 2.05) is 0 Å². The highest BCUT2D eigenvalue weighted by Gasteiger charge is 2.35. The van der Waals surface area contributed by atoms with Gasteiger partial charge in [0.05, 0.1) is 0 Å². The van der Waals surface area contributed by atoms with Gasteiger partial charge in [0, 0.05) is 0 Å². The number of hydrogen-bond acceptors (Lipinski definition) is 7. The van der Waals surface area contributed by atoms with E-state index in [2.05, 4.69) is 5.10 Å². The first kappa shape index (κ1) is 8.70. The molecule has 0 aliphatic carbocycles. The second kappa shape index (κ2) is 2.58. The molecule has 0 saturated heterocycles. The van der Waals surface area contributed by atoms with Crippen LogP contribution in [0.2, 0.25) is 0 Å². The van der Waals surface area contributed by atoms with Crippen molar-refractivity contribution in [1.29, 1.82) is 0 Å². The summed E-state index contributed by atoms with van der Waals surface area (Å²) in [6.45, 7) is 0. The van der Waals surface area contributed by atoms with Crippen LogP contribution in [0.25, 0.3) is 0 Å². The maximum atomic E-state index is 10.2. The Morgan fingerprint density at radius 2 is 1.92 bits per heavy atom. The number of nitrogen functional groups attached to an aromatic ring is 1. The van der Waals surface area contributed by atoms with Crippen LogP contribution in [0, 0.1) is 20.2 Å². The van der Waals surface area contributed by atoms with Crippen LogP contribution in [0.4, 0.5) is 17.3 Å². The van der Waals surface area contributed by atoms with Crippen LogP contribution in [-0.4, -0.2) is 25.0 Å². The minimum Gasteiger partial charge on any atom is -0.384 e. The summed E-state index contributed by atoms with van der Waals surface area (Å²) in [5.74, 6) is -1.97. The molecule has 0 bridgehead atoms. The van der Waals surface area contributed by atoms with Gasteiger partial charge in [-0.25, -0.2) is 0 Å². The zero-order valence-electron chi connectivity index (χ0n) is 5.95. The van der Waals surface area contributed by atoms with Crippen molar-refractivity contribution in [2.24, 2.45) is 0 Å². The highest BCUT2D eigenvalue weighted by Crippen LogP contribution is 2.28. The van der Waals surface area contributed by atoms with Gasteiger partial charge in [0.2, 0.25) is 5.69 Å². The summed E-state index contributed by atoms with van der Waals surface area (Å²) in [5, 5.41) is 31.8. The fourth-order valence-corrected chi connectivity index (χ4v) is 0.705. The number of anilines is 1. The largest absolute Gasteiger partial charge is 0.448 e. The van der Waals surface area contributed by atoms with Crippen molar-refractivity contribution in [2.75, 3.05) is 5.73 Å². The molecule has 0 aromatic carbocycles. The van der Waals surface area contributed by atoms with E-state index < -0.39 is 27.2 Å². The van der Waals surface area contributed by atoms with Crippen LogP contribution >= 0.6 is 0 Å². The Morgan fingerprint density at radius 3 is 2.15 bits per heavy atom. The standard InChI is InChI=1S/C3H3N5O5/c4-1-2(7(10)11)5-6(9)3(1)8(12)13/h9H,4H2. The van der Waals surface area contributed by atoms with Crippen molar-refractivity contribution in [3.05, 3.63) is 20.2 Å². The maximum Gasteiger partial charge on any atom is 0.448 e. The molecule has 0 unspecified atom stereocenters. The predicted molar refractivity (Wildman–Crippen MR) is 37.1 cm³/mol. The summed E-state index contributed by atoms with van der Waals surface area (Å²) >= 11 is 0. The van der Waals surface area contributed by atoms with Gasteiger partial charge in [-0.1, -0.05) is 0 Å². The van der Waals surface area contributed by atoms with Gasteiger partial charge in [0.25, 0.3) is 0 Å². The smallest absolute Gasteiger partial charge is 0.384 e. The lowest BCUT2D eigenvalue weighted by atomic mass is 10.5. The van der Waals surface area contributed by atoms with Gasteiger partial charge < -0.3 is 31.2 Å². The van der Waals surface area contributed by atoms with Crippen LogP contribution in [-0.2, 0) is 0 Å². The Morgan fingerprint density at radius 1 is 1.38 bits per heavy atom. The van der Waals surface area contributed by atoms with E-state index in [0.29, 0.717) is 0 Å². The third-order valence-corrected chi connectivity index (χ3v) is 1.21. The average Bonchev–Trinajstić information content (AvgIpc) is 2.26. The van der Waals surface area contributed by atoms with E-state index in [9.17, 15) is 20.2 Å². The maximum absolute atomic E-state index is 10.2. The topological polar surface area (TPSA) is 150 Å². The van der Waals surface area contributed by atoms with Crippen LogP contribution < -0.4 is 5.73 Å². The molecule has 1 heterocycles. The minimum absolute atomic E-state index is 0.243. The molecular weight excluding hydrogens is 186 g/mol. The van der Waals surface area contributed by atoms with Crippen LogP contribution in [0.1, 0.15) is 0 Å².